The minimum Gasteiger partial charge on any atom is -0.435 e. The van der Waals surface area contributed by atoms with Gasteiger partial charge in [-0.25, -0.2) is 18.4 Å². The first-order valence-corrected chi connectivity index (χ1v) is 13.4. The molecule has 2 heterocycles. The number of aryl methyl sites for hydroxylation is 1. The Morgan fingerprint density at radius 2 is 1.89 bits per heavy atom. The second-order valence-corrected chi connectivity index (χ2v) is 10.7. The van der Waals surface area contributed by atoms with Crippen molar-refractivity contribution in [3.63, 3.8) is 0 Å². The number of benzene rings is 2. The van der Waals surface area contributed by atoms with Crippen LogP contribution in [0, 0.1) is 6.92 Å². The maximum atomic E-state index is 12.5. The highest BCUT2D eigenvalue weighted by Crippen LogP contribution is 2.27. The van der Waals surface area contributed by atoms with Gasteiger partial charge in [-0.1, -0.05) is 0 Å². The van der Waals surface area contributed by atoms with Crippen molar-refractivity contribution in [3.05, 3.63) is 72.2 Å². The van der Waals surface area contributed by atoms with E-state index in [-0.39, 0.29) is 36.3 Å². The van der Waals surface area contributed by atoms with Crippen molar-refractivity contribution in [2.45, 2.75) is 13.5 Å². The smallest absolute Gasteiger partial charge is 0.387 e. The lowest BCUT2D eigenvalue weighted by molar-refractivity contribution is -0.0498. The van der Waals surface area contributed by atoms with Crippen LogP contribution in [-0.4, -0.2) is 59.9 Å². The predicted molar refractivity (Wildman–Crippen MR) is 140 cm³/mol. The molecule has 0 fully saturated rings. The molecular weight excluding hydrogens is 518 g/mol. The molecule has 200 valence electrons. The normalized spacial score (nSPS) is 11.6. The molecule has 4 N–H and O–H groups in total. The number of carbonyl (C=O) groups excluding carboxylic acids is 1. The summed E-state index contributed by atoms with van der Waals surface area (Å²) in [6.45, 7) is -1.09. The van der Waals surface area contributed by atoms with Gasteiger partial charge < -0.3 is 21.1 Å². The van der Waals surface area contributed by atoms with E-state index in [0.29, 0.717) is 28.3 Å². The summed E-state index contributed by atoms with van der Waals surface area (Å²) in [5.41, 5.74) is 9.07. The van der Waals surface area contributed by atoms with E-state index < -0.39 is 16.4 Å². The zero-order valence-electron chi connectivity index (χ0n) is 20.4. The predicted octanol–water partition coefficient (Wildman–Crippen LogP) is 3.15. The maximum Gasteiger partial charge on any atom is 0.387 e. The molecule has 0 spiro atoms. The second kappa shape index (κ2) is 11.5. The Balaban J connectivity index is 1.48. The van der Waals surface area contributed by atoms with Gasteiger partial charge in [0.25, 0.3) is 5.91 Å². The molecule has 2 aromatic heterocycles. The summed E-state index contributed by atoms with van der Waals surface area (Å²) in [5, 5.41) is 5.83. The van der Waals surface area contributed by atoms with Crippen LogP contribution in [0.4, 0.5) is 20.3 Å². The highest BCUT2D eigenvalue weighted by molar-refractivity contribution is 7.91. The van der Waals surface area contributed by atoms with Crippen molar-refractivity contribution in [3.8, 4) is 17.0 Å². The Labute approximate surface area is 217 Å². The average molecular weight is 545 g/mol. The highest BCUT2D eigenvalue weighted by atomic mass is 32.2. The molecule has 0 atom stereocenters. The lowest BCUT2D eigenvalue weighted by Gasteiger charge is -2.12. The number of sulfone groups is 1. The molecule has 4 aromatic rings. The molecule has 0 saturated heterocycles. The third-order valence-corrected chi connectivity index (χ3v) is 7.35. The van der Waals surface area contributed by atoms with Crippen LogP contribution in [0.3, 0.4) is 0 Å². The highest BCUT2D eigenvalue weighted by Gasteiger charge is 2.15. The number of aromatic nitrogens is 3. The number of nitrogens with zero attached hydrogens (tertiary/aromatic N) is 3. The zero-order valence-corrected chi connectivity index (χ0v) is 21.2. The minimum absolute atomic E-state index is 0.00326. The summed E-state index contributed by atoms with van der Waals surface area (Å²) in [6.07, 6.45) is 4.98. The molecule has 2 aromatic carbocycles. The largest absolute Gasteiger partial charge is 0.435 e. The van der Waals surface area contributed by atoms with Gasteiger partial charge in [0.1, 0.15) is 5.75 Å². The number of ether oxygens (including phenoxy) is 1. The van der Waals surface area contributed by atoms with Crippen molar-refractivity contribution in [2.75, 3.05) is 29.9 Å². The number of halogens is 2. The monoisotopic (exact) mass is 544 g/mol. The fourth-order valence-corrected chi connectivity index (χ4v) is 4.83. The van der Waals surface area contributed by atoms with Gasteiger partial charge in [0, 0.05) is 42.3 Å². The summed E-state index contributed by atoms with van der Waals surface area (Å²) in [4.78, 5) is 21.4. The molecule has 10 nitrogen and oxygen atoms in total. The minimum atomic E-state index is -3.30. The zero-order chi connectivity index (χ0) is 27.3. The van der Waals surface area contributed by atoms with Crippen LogP contribution in [-0.2, 0) is 9.84 Å². The van der Waals surface area contributed by atoms with Crippen LogP contribution in [0.5, 0.6) is 5.75 Å². The molecule has 0 aliphatic rings. The van der Waals surface area contributed by atoms with Crippen LogP contribution >= 0.6 is 0 Å². The van der Waals surface area contributed by atoms with E-state index in [0.717, 1.165) is 11.3 Å². The average Bonchev–Trinajstić information content (AvgIpc) is 3.29. The molecule has 13 heteroatoms. The molecule has 0 aliphatic heterocycles. The van der Waals surface area contributed by atoms with Gasteiger partial charge in [-0.3, -0.25) is 9.20 Å². The van der Waals surface area contributed by atoms with Crippen molar-refractivity contribution in [1.29, 1.82) is 0 Å². The molecule has 1 amide bonds. The molecule has 0 bridgehead atoms. The number of imidazole rings is 1. The number of carbonyl (C=O) groups is 1. The standard InChI is InChI=1S/C25H26F2N6O4S/c1-16-14-18(4-7-20(16)24(34)30-10-13-38(35,36)12-8-28)32-22-23-31-15-21(33(23)11-9-29-22)17-2-5-19(6-3-17)37-25(26)27/h2-7,9,11,14-15,25H,8,10,12-13,28H2,1H3,(H,29,32)(H,30,34). The van der Waals surface area contributed by atoms with E-state index in [4.69, 9.17) is 5.73 Å². The number of rotatable bonds is 11. The van der Waals surface area contributed by atoms with Gasteiger partial charge in [-0.15, -0.1) is 0 Å². The number of anilines is 2. The lowest BCUT2D eigenvalue weighted by Crippen LogP contribution is -2.31. The first-order valence-electron chi connectivity index (χ1n) is 11.6. The van der Waals surface area contributed by atoms with E-state index >= 15 is 0 Å². The third-order valence-electron chi connectivity index (χ3n) is 5.66. The number of nitrogens with one attached hydrogen (secondary N) is 2. The molecule has 4 rings (SSSR count). The quantitative estimate of drug-likeness (QED) is 0.262. The maximum absolute atomic E-state index is 12.5. The first-order chi connectivity index (χ1) is 18.2. The Bertz CT molecular complexity index is 1540. The van der Waals surface area contributed by atoms with E-state index in [1.807, 2.05) is 4.40 Å². The molecule has 0 unspecified atom stereocenters. The first kappa shape index (κ1) is 26.9. The number of alkyl halides is 2. The topological polar surface area (TPSA) is 141 Å². The van der Waals surface area contributed by atoms with Crippen molar-refractivity contribution in [2.24, 2.45) is 5.73 Å². The van der Waals surface area contributed by atoms with E-state index in [1.165, 1.54) is 12.1 Å². The van der Waals surface area contributed by atoms with Crippen LogP contribution in [0.1, 0.15) is 15.9 Å². The second-order valence-electron chi connectivity index (χ2n) is 8.37. The molecular formula is C25H26F2N6O4S. The Morgan fingerprint density at radius 3 is 2.58 bits per heavy atom. The lowest BCUT2D eigenvalue weighted by atomic mass is 10.1. The van der Waals surface area contributed by atoms with Crippen molar-refractivity contribution >= 4 is 32.9 Å². The fourth-order valence-electron chi connectivity index (χ4n) is 3.86. The van der Waals surface area contributed by atoms with E-state index in [9.17, 15) is 22.0 Å². The molecule has 0 saturated carbocycles. The van der Waals surface area contributed by atoms with Gasteiger partial charge in [0.2, 0.25) is 0 Å². The molecule has 0 radical (unpaired) electrons. The summed E-state index contributed by atoms with van der Waals surface area (Å²) >= 11 is 0. The SMILES string of the molecule is Cc1cc(Nc2nccn3c(-c4ccc(OC(F)F)cc4)cnc23)ccc1C(=O)NCCS(=O)(=O)CCN. The van der Waals surface area contributed by atoms with E-state index in [1.54, 1.807) is 55.8 Å². The van der Waals surface area contributed by atoms with Gasteiger partial charge >= 0.3 is 6.61 Å². The third kappa shape index (κ3) is 6.42. The van der Waals surface area contributed by atoms with Crippen LogP contribution in [0.2, 0.25) is 0 Å². The Kier molecular flexibility index (Phi) is 8.17. The van der Waals surface area contributed by atoms with Crippen LogP contribution in [0.25, 0.3) is 16.9 Å². The van der Waals surface area contributed by atoms with Gasteiger partial charge in [0.05, 0.1) is 23.4 Å². The number of fused-ring (bicyclic) bond motifs is 1. The van der Waals surface area contributed by atoms with Crippen molar-refractivity contribution in [1.82, 2.24) is 19.7 Å². The number of hydrogen-bond donors (Lipinski definition) is 3. The van der Waals surface area contributed by atoms with Crippen molar-refractivity contribution < 1.29 is 26.7 Å². The van der Waals surface area contributed by atoms with Gasteiger partial charge in [0.15, 0.2) is 21.3 Å². The fraction of sp³-hybridized carbons (Fsp3) is 0.240. The van der Waals surface area contributed by atoms with Crippen LogP contribution < -0.4 is 21.1 Å². The number of amides is 1. The number of hydrogen-bond acceptors (Lipinski definition) is 8. The molecule has 0 aliphatic carbocycles. The summed E-state index contributed by atoms with van der Waals surface area (Å²) in [5.74, 6) is -0.141. The summed E-state index contributed by atoms with van der Waals surface area (Å²) < 4.78 is 54.6. The van der Waals surface area contributed by atoms with Gasteiger partial charge in [-0.05, 0) is 55.0 Å². The summed E-state index contributed by atoms with van der Waals surface area (Å²) in [7, 11) is -3.30. The molecule has 38 heavy (non-hydrogen) atoms. The van der Waals surface area contributed by atoms with E-state index in [2.05, 4.69) is 25.3 Å². The Hall–Kier alpha value is -4.10. The van der Waals surface area contributed by atoms with Crippen LogP contribution in [0.15, 0.2) is 61.1 Å². The number of nitrogens with two attached hydrogens (primary N) is 1. The summed E-state index contributed by atoms with van der Waals surface area (Å²) in [6, 6.07) is 11.4. The Morgan fingerprint density at radius 1 is 1.13 bits per heavy atom. The van der Waals surface area contributed by atoms with Gasteiger partial charge in [-0.2, -0.15) is 8.78 Å².